The molecule has 4 heterocycles. The van der Waals surface area contributed by atoms with Gasteiger partial charge in [-0.25, -0.2) is 9.97 Å². The largest absolute Gasteiger partial charge is 0.308 e. The fraction of sp³-hybridized carbons (Fsp3) is 0. The fourth-order valence-corrected chi connectivity index (χ4v) is 8.90. The summed E-state index contributed by atoms with van der Waals surface area (Å²) in [5, 5.41) is 9.72. The molecule has 0 atom stereocenters. The van der Waals surface area contributed by atoms with Gasteiger partial charge in [0.1, 0.15) is 5.69 Å². The van der Waals surface area contributed by atoms with Gasteiger partial charge in [0.05, 0.1) is 38.6 Å². The Morgan fingerprint density at radius 1 is 0.385 bits per heavy atom. The lowest BCUT2D eigenvalue weighted by atomic mass is 9.97. The lowest BCUT2D eigenvalue weighted by Gasteiger charge is -2.16. The van der Waals surface area contributed by atoms with Crippen molar-refractivity contribution in [3.8, 4) is 28.2 Å². The molecule has 0 saturated heterocycles. The maximum Gasteiger partial charge on any atom is 0.165 e. The highest BCUT2D eigenvalue weighted by Gasteiger charge is 2.25. The van der Waals surface area contributed by atoms with Gasteiger partial charge in [-0.1, -0.05) is 140 Å². The Morgan fingerprint density at radius 3 is 1.85 bits per heavy atom. The average Bonchev–Trinajstić information content (AvgIpc) is 3.69. The molecule has 0 amide bonds. The van der Waals surface area contributed by atoms with Crippen molar-refractivity contribution < 1.29 is 0 Å². The molecule has 12 rings (SSSR count). The SMILES string of the molecule is c1ccc(-c2nc3c(ccc4cccc(-c5ccccc5)c43)nc2-n2c3cccc4c5cccc6c7ccccc7n(c7cccc2c7c43)c56)cc1. The van der Waals surface area contributed by atoms with Gasteiger partial charge in [-0.3, -0.25) is 4.57 Å². The molecule has 0 radical (unpaired) electrons. The topological polar surface area (TPSA) is 35.1 Å². The van der Waals surface area contributed by atoms with E-state index in [0.29, 0.717) is 0 Å². The standard InChI is InChI=1S/C48H28N4/c1-3-13-29(14-4-1)32-19-9-17-30-27-28-37-46(42(30)32)50-45(31-15-5-2-6-16-31)48(49-37)52-39-24-11-20-34-36-22-10-21-35-33-18-7-8-23-38(33)51(47(35)36)40-25-12-26-41(52)44(40)43(34)39/h1-28H. The summed E-state index contributed by atoms with van der Waals surface area (Å²) >= 11 is 0. The fourth-order valence-electron chi connectivity index (χ4n) is 8.90. The molecule has 4 nitrogen and oxygen atoms in total. The number of hydrogen-bond donors (Lipinski definition) is 0. The van der Waals surface area contributed by atoms with Crippen molar-refractivity contribution in [2.75, 3.05) is 0 Å². The predicted molar refractivity (Wildman–Crippen MR) is 217 cm³/mol. The summed E-state index contributed by atoms with van der Waals surface area (Å²) in [5.74, 6) is 0.820. The van der Waals surface area contributed by atoms with Crippen LogP contribution in [0.4, 0.5) is 0 Å². The number of aromatic nitrogens is 4. The third-order valence-electron chi connectivity index (χ3n) is 11.0. The predicted octanol–water partition coefficient (Wildman–Crippen LogP) is 12.4. The normalized spacial score (nSPS) is 12.2. The van der Waals surface area contributed by atoms with Crippen LogP contribution in [0, 0.1) is 0 Å². The van der Waals surface area contributed by atoms with Gasteiger partial charge in [0.15, 0.2) is 5.82 Å². The van der Waals surface area contributed by atoms with Crippen LogP contribution in [0.5, 0.6) is 0 Å². The Balaban J connectivity index is 1.28. The number of fused-ring (bicyclic) bond motifs is 8. The van der Waals surface area contributed by atoms with E-state index < -0.39 is 0 Å². The Hall–Kier alpha value is -7.04. The molecule has 0 N–H and O–H groups in total. The first-order valence-corrected chi connectivity index (χ1v) is 17.8. The van der Waals surface area contributed by atoms with E-state index in [2.05, 4.69) is 179 Å². The van der Waals surface area contributed by atoms with E-state index in [4.69, 9.17) is 9.97 Å². The van der Waals surface area contributed by atoms with E-state index in [-0.39, 0.29) is 0 Å². The molecule has 0 bridgehead atoms. The second kappa shape index (κ2) is 10.3. The monoisotopic (exact) mass is 660 g/mol. The maximum absolute atomic E-state index is 5.62. The van der Waals surface area contributed by atoms with Crippen LogP contribution in [0.1, 0.15) is 0 Å². The number of benzene rings is 8. The highest BCUT2D eigenvalue weighted by atomic mass is 15.1. The van der Waals surface area contributed by atoms with E-state index >= 15 is 0 Å². The first kappa shape index (κ1) is 27.7. The van der Waals surface area contributed by atoms with Gasteiger partial charge in [0, 0.05) is 37.9 Å². The van der Waals surface area contributed by atoms with Crippen LogP contribution in [0.3, 0.4) is 0 Å². The van der Waals surface area contributed by atoms with Crippen LogP contribution in [-0.4, -0.2) is 18.9 Å². The summed E-state index contributed by atoms with van der Waals surface area (Å²) in [6, 6.07) is 60.9. The molecular formula is C48H28N4. The zero-order valence-electron chi connectivity index (χ0n) is 28.0. The molecular weight excluding hydrogens is 633 g/mol. The lowest BCUT2D eigenvalue weighted by Crippen LogP contribution is -2.04. The molecule has 4 heteroatoms. The van der Waals surface area contributed by atoms with E-state index in [9.17, 15) is 0 Å². The average molecular weight is 661 g/mol. The van der Waals surface area contributed by atoms with Crippen molar-refractivity contribution in [1.29, 1.82) is 0 Å². The van der Waals surface area contributed by atoms with Crippen LogP contribution < -0.4 is 0 Å². The molecule has 0 saturated carbocycles. The first-order valence-electron chi connectivity index (χ1n) is 17.8. The lowest BCUT2D eigenvalue weighted by molar-refractivity contribution is 1.08. The molecule has 240 valence electrons. The van der Waals surface area contributed by atoms with E-state index in [1.54, 1.807) is 0 Å². The summed E-state index contributed by atoms with van der Waals surface area (Å²) in [6.45, 7) is 0. The van der Waals surface area contributed by atoms with Crippen molar-refractivity contribution >= 4 is 81.7 Å². The van der Waals surface area contributed by atoms with Gasteiger partial charge in [-0.15, -0.1) is 0 Å². The third-order valence-corrected chi connectivity index (χ3v) is 11.0. The van der Waals surface area contributed by atoms with E-state index in [0.717, 1.165) is 61.0 Å². The Bertz CT molecular complexity index is 3390. The third kappa shape index (κ3) is 3.60. The minimum absolute atomic E-state index is 0.820. The van der Waals surface area contributed by atoms with Crippen LogP contribution in [-0.2, 0) is 0 Å². The molecule has 4 aromatic heterocycles. The van der Waals surface area contributed by atoms with Gasteiger partial charge < -0.3 is 4.40 Å². The molecule has 8 aromatic carbocycles. The molecule has 0 spiro atoms. The van der Waals surface area contributed by atoms with Gasteiger partial charge >= 0.3 is 0 Å². The zero-order chi connectivity index (χ0) is 33.9. The highest BCUT2D eigenvalue weighted by molar-refractivity contribution is 6.31. The second-order valence-corrected chi connectivity index (χ2v) is 13.7. The molecule has 0 aliphatic carbocycles. The second-order valence-electron chi connectivity index (χ2n) is 13.7. The van der Waals surface area contributed by atoms with E-state index in [1.165, 1.54) is 48.9 Å². The minimum Gasteiger partial charge on any atom is -0.308 e. The summed E-state index contributed by atoms with van der Waals surface area (Å²) in [4.78, 5) is 11.2. The van der Waals surface area contributed by atoms with E-state index in [1.807, 2.05) is 0 Å². The van der Waals surface area contributed by atoms with Crippen molar-refractivity contribution in [3.63, 3.8) is 0 Å². The van der Waals surface area contributed by atoms with Crippen molar-refractivity contribution in [3.05, 3.63) is 170 Å². The quantitative estimate of drug-likeness (QED) is 0.177. The molecule has 0 aliphatic rings. The smallest absolute Gasteiger partial charge is 0.165 e. The van der Waals surface area contributed by atoms with Crippen molar-refractivity contribution in [1.82, 2.24) is 18.9 Å². The van der Waals surface area contributed by atoms with Crippen LogP contribution in [0.2, 0.25) is 0 Å². The van der Waals surface area contributed by atoms with Crippen molar-refractivity contribution in [2.45, 2.75) is 0 Å². The Labute approximate surface area is 297 Å². The van der Waals surface area contributed by atoms with Gasteiger partial charge in [-0.2, -0.15) is 0 Å². The van der Waals surface area contributed by atoms with Gasteiger partial charge in [-0.05, 0) is 52.2 Å². The zero-order valence-corrected chi connectivity index (χ0v) is 28.0. The molecule has 0 fully saturated rings. The van der Waals surface area contributed by atoms with Crippen LogP contribution in [0.25, 0.3) is 110 Å². The molecule has 0 aliphatic heterocycles. The summed E-state index contributed by atoms with van der Waals surface area (Å²) in [6.07, 6.45) is 0. The molecule has 12 aromatic rings. The Kier molecular flexibility index (Phi) is 5.47. The summed E-state index contributed by atoms with van der Waals surface area (Å²) in [7, 11) is 0. The number of para-hydroxylation sites is 2. The van der Waals surface area contributed by atoms with Gasteiger partial charge in [0.25, 0.3) is 0 Å². The first-order chi connectivity index (χ1) is 25.8. The van der Waals surface area contributed by atoms with Crippen LogP contribution >= 0.6 is 0 Å². The van der Waals surface area contributed by atoms with Crippen molar-refractivity contribution in [2.24, 2.45) is 0 Å². The highest BCUT2D eigenvalue weighted by Crippen LogP contribution is 2.45. The minimum atomic E-state index is 0.820. The number of rotatable bonds is 3. The number of hydrogen-bond acceptors (Lipinski definition) is 2. The molecule has 0 unspecified atom stereocenters. The molecule has 52 heavy (non-hydrogen) atoms. The summed E-state index contributed by atoms with van der Waals surface area (Å²) < 4.78 is 4.84. The maximum atomic E-state index is 5.62. The summed E-state index contributed by atoms with van der Waals surface area (Å²) in [5.41, 5.74) is 11.8. The van der Waals surface area contributed by atoms with Crippen LogP contribution in [0.15, 0.2) is 170 Å². The number of nitrogens with zero attached hydrogens (tertiary/aromatic N) is 4. The van der Waals surface area contributed by atoms with Gasteiger partial charge in [0.2, 0.25) is 0 Å². The Morgan fingerprint density at radius 2 is 1.00 bits per heavy atom.